The third-order valence-electron chi connectivity index (χ3n) is 2.83. The van der Waals surface area contributed by atoms with E-state index in [0.717, 1.165) is 17.3 Å². The number of benzene rings is 2. The smallest absolute Gasteiger partial charge is 0.220 e. The molecule has 23 heavy (non-hydrogen) atoms. The standard InChI is InChI=1S/C14H9Cl5O2S2/c15-11-6-10(7-12(16)13(11)17)23(20,21)14(18,19)22-8-9-4-2-1-3-5-9/h1-7H,8H2. The molecule has 0 aromatic heterocycles. The zero-order valence-corrected chi connectivity index (χ0v) is 16.7. The zero-order chi connectivity index (χ0) is 17.3. The van der Waals surface area contributed by atoms with E-state index in [0.29, 0.717) is 5.75 Å². The summed E-state index contributed by atoms with van der Waals surface area (Å²) in [6.45, 7) is 0. The molecule has 2 aromatic rings. The number of hydrogen-bond acceptors (Lipinski definition) is 3. The molecule has 0 saturated heterocycles. The maximum Gasteiger partial charge on any atom is 0.269 e. The van der Waals surface area contributed by atoms with Gasteiger partial charge in [-0.2, -0.15) is 0 Å². The summed E-state index contributed by atoms with van der Waals surface area (Å²) in [4.78, 5) is -0.192. The normalized spacial score (nSPS) is 12.4. The van der Waals surface area contributed by atoms with Crippen LogP contribution in [0.4, 0.5) is 0 Å². The van der Waals surface area contributed by atoms with Gasteiger partial charge in [-0.15, -0.1) is 11.8 Å². The van der Waals surface area contributed by atoms with Crippen LogP contribution in [0.25, 0.3) is 0 Å². The lowest BCUT2D eigenvalue weighted by molar-refractivity contribution is 0.597. The number of halogens is 5. The van der Waals surface area contributed by atoms with Gasteiger partial charge in [-0.1, -0.05) is 88.3 Å². The summed E-state index contributed by atoms with van der Waals surface area (Å²) in [6, 6.07) is 11.6. The highest BCUT2D eigenvalue weighted by Crippen LogP contribution is 2.46. The molecule has 0 bridgehead atoms. The first-order valence-corrected chi connectivity index (χ1v) is 10.5. The maximum atomic E-state index is 12.6. The van der Waals surface area contributed by atoms with Crippen molar-refractivity contribution in [3.63, 3.8) is 0 Å². The topological polar surface area (TPSA) is 34.1 Å². The van der Waals surface area contributed by atoms with Crippen LogP contribution in [0.5, 0.6) is 0 Å². The first-order chi connectivity index (χ1) is 10.6. The number of hydrogen-bond donors (Lipinski definition) is 0. The number of alkyl halides is 2. The molecule has 0 unspecified atom stereocenters. The SMILES string of the molecule is O=S(=O)(c1cc(Cl)c(Cl)c(Cl)c1)C(Cl)(Cl)SCc1ccccc1. The molecule has 0 radical (unpaired) electrons. The highest BCUT2D eigenvalue weighted by Gasteiger charge is 2.42. The Morgan fingerprint density at radius 2 is 1.48 bits per heavy atom. The fourth-order valence-electron chi connectivity index (χ4n) is 1.64. The molecule has 0 amide bonds. The van der Waals surface area contributed by atoms with Crippen molar-refractivity contribution in [2.24, 2.45) is 0 Å². The van der Waals surface area contributed by atoms with E-state index in [1.165, 1.54) is 12.1 Å². The van der Waals surface area contributed by atoms with Crippen LogP contribution in [0.1, 0.15) is 5.56 Å². The Kier molecular flexibility index (Phi) is 6.45. The van der Waals surface area contributed by atoms with Gasteiger partial charge in [0.25, 0.3) is 3.00 Å². The third-order valence-corrected chi connectivity index (χ3v) is 9.21. The minimum Gasteiger partial charge on any atom is -0.220 e. The molecule has 124 valence electrons. The minimum atomic E-state index is -4.10. The highest BCUT2D eigenvalue weighted by atomic mass is 35.5. The lowest BCUT2D eigenvalue weighted by Gasteiger charge is -2.20. The Morgan fingerprint density at radius 3 is 2.00 bits per heavy atom. The largest absolute Gasteiger partial charge is 0.269 e. The average Bonchev–Trinajstić information content (AvgIpc) is 2.51. The Balaban J connectivity index is 2.30. The van der Waals surface area contributed by atoms with Gasteiger partial charge in [0.15, 0.2) is 0 Å². The number of sulfone groups is 1. The molecule has 2 rings (SSSR count). The quantitative estimate of drug-likeness (QED) is 0.388. The Bertz CT molecular complexity index is 784. The van der Waals surface area contributed by atoms with Crippen molar-refractivity contribution in [2.45, 2.75) is 13.6 Å². The molecule has 0 heterocycles. The van der Waals surface area contributed by atoms with Crippen molar-refractivity contribution >= 4 is 79.6 Å². The van der Waals surface area contributed by atoms with Gasteiger partial charge in [-0.3, -0.25) is 0 Å². The van der Waals surface area contributed by atoms with E-state index < -0.39 is 12.8 Å². The van der Waals surface area contributed by atoms with E-state index in [2.05, 4.69) is 0 Å². The fraction of sp³-hybridized carbons (Fsp3) is 0.143. The second-order valence-electron chi connectivity index (χ2n) is 4.44. The van der Waals surface area contributed by atoms with Crippen LogP contribution in [0.2, 0.25) is 15.1 Å². The van der Waals surface area contributed by atoms with Gasteiger partial charge in [-0.25, -0.2) is 8.42 Å². The van der Waals surface area contributed by atoms with Crippen LogP contribution in [0.3, 0.4) is 0 Å². The molecule has 0 fully saturated rings. The fourth-order valence-corrected chi connectivity index (χ4v) is 5.66. The van der Waals surface area contributed by atoms with Crippen molar-refractivity contribution in [2.75, 3.05) is 0 Å². The van der Waals surface area contributed by atoms with E-state index in [1.54, 1.807) is 0 Å². The molecule has 0 spiro atoms. The van der Waals surface area contributed by atoms with Gasteiger partial charge in [-0.05, 0) is 17.7 Å². The van der Waals surface area contributed by atoms with Crippen molar-refractivity contribution in [1.29, 1.82) is 0 Å². The molecule has 0 N–H and O–H groups in total. The predicted octanol–water partition coefficient (Wildman–Crippen LogP) is 6.44. The van der Waals surface area contributed by atoms with E-state index >= 15 is 0 Å². The van der Waals surface area contributed by atoms with Crippen molar-refractivity contribution in [3.05, 3.63) is 63.1 Å². The van der Waals surface area contributed by atoms with E-state index in [4.69, 9.17) is 58.0 Å². The molecule has 0 aliphatic rings. The summed E-state index contributed by atoms with van der Waals surface area (Å²) in [5, 5.41) is 0.0869. The maximum absolute atomic E-state index is 12.6. The van der Waals surface area contributed by atoms with Crippen LogP contribution in [0, 0.1) is 0 Å². The monoisotopic (exact) mass is 448 g/mol. The second-order valence-corrected chi connectivity index (χ2v) is 11.4. The first kappa shape index (κ1) is 19.5. The van der Waals surface area contributed by atoms with E-state index in [9.17, 15) is 8.42 Å². The van der Waals surface area contributed by atoms with Gasteiger partial charge in [0.2, 0.25) is 9.84 Å². The Hall–Kier alpha value is 0.190. The molecule has 0 atom stereocenters. The number of rotatable bonds is 5. The van der Waals surface area contributed by atoms with Crippen LogP contribution in [-0.2, 0) is 15.6 Å². The van der Waals surface area contributed by atoms with Crippen LogP contribution in [-0.4, -0.2) is 11.4 Å². The Morgan fingerprint density at radius 1 is 0.957 bits per heavy atom. The van der Waals surface area contributed by atoms with Gasteiger partial charge in [0.1, 0.15) is 0 Å². The molecule has 9 heteroatoms. The Labute approximate surface area is 163 Å². The molecule has 0 saturated carbocycles. The van der Waals surface area contributed by atoms with Gasteiger partial charge in [0.05, 0.1) is 20.0 Å². The molecular formula is C14H9Cl5O2S2. The van der Waals surface area contributed by atoms with Crippen LogP contribution in [0.15, 0.2) is 47.4 Å². The summed E-state index contributed by atoms with van der Waals surface area (Å²) < 4.78 is 23.2. The summed E-state index contributed by atoms with van der Waals surface area (Å²) in [6.07, 6.45) is 0. The minimum absolute atomic E-state index is 0.00920. The second kappa shape index (κ2) is 7.61. The van der Waals surface area contributed by atoms with E-state index in [1.807, 2.05) is 30.3 Å². The lowest BCUT2D eigenvalue weighted by atomic mass is 10.2. The molecular weight excluding hydrogens is 442 g/mol. The third kappa shape index (κ3) is 4.43. The van der Waals surface area contributed by atoms with Crippen LogP contribution >= 0.6 is 69.8 Å². The van der Waals surface area contributed by atoms with Gasteiger partial charge < -0.3 is 0 Å². The molecule has 0 aliphatic carbocycles. The summed E-state index contributed by atoms with van der Waals surface area (Å²) in [5.74, 6) is 0.322. The first-order valence-electron chi connectivity index (χ1n) is 6.10. The van der Waals surface area contributed by atoms with Crippen molar-refractivity contribution in [3.8, 4) is 0 Å². The summed E-state index contributed by atoms with van der Waals surface area (Å²) in [5.41, 5.74) is 0.894. The van der Waals surface area contributed by atoms with Crippen molar-refractivity contribution < 1.29 is 8.42 Å². The summed E-state index contributed by atoms with van der Waals surface area (Å²) in [7, 11) is -4.10. The van der Waals surface area contributed by atoms with E-state index in [-0.39, 0.29) is 20.0 Å². The van der Waals surface area contributed by atoms with Gasteiger partial charge >= 0.3 is 0 Å². The molecule has 0 aliphatic heterocycles. The van der Waals surface area contributed by atoms with Gasteiger partial charge in [0, 0.05) is 5.75 Å². The van der Waals surface area contributed by atoms with Crippen LogP contribution < -0.4 is 0 Å². The predicted molar refractivity (Wildman–Crippen MR) is 101 cm³/mol. The van der Waals surface area contributed by atoms with Crippen molar-refractivity contribution in [1.82, 2.24) is 0 Å². The summed E-state index contributed by atoms with van der Waals surface area (Å²) >= 11 is 30.6. The lowest BCUT2D eigenvalue weighted by Crippen LogP contribution is -2.23. The molecule has 2 aromatic carbocycles. The zero-order valence-electron chi connectivity index (χ0n) is 11.3. The molecule has 2 nitrogen and oxygen atoms in total. The highest BCUT2D eigenvalue weighted by molar-refractivity contribution is 8.18. The number of thioether (sulfide) groups is 1. The average molecular weight is 451 g/mol.